The van der Waals surface area contributed by atoms with E-state index in [9.17, 15) is 9.59 Å². The lowest BCUT2D eigenvalue weighted by molar-refractivity contribution is 0.0947. The van der Waals surface area contributed by atoms with Crippen LogP contribution >= 0.6 is 0 Å². The van der Waals surface area contributed by atoms with Gasteiger partial charge in [0, 0.05) is 37.0 Å². The summed E-state index contributed by atoms with van der Waals surface area (Å²) in [5.41, 5.74) is 3.56. The lowest BCUT2D eigenvalue weighted by Crippen LogP contribution is -2.25. The predicted octanol–water partition coefficient (Wildman–Crippen LogP) is 1.71. The van der Waals surface area contributed by atoms with Gasteiger partial charge < -0.3 is 21.1 Å². The van der Waals surface area contributed by atoms with Crippen molar-refractivity contribution in [2.45, 2.75) is 25.8 Å². The molecule has 7 nitrogen and oxygen atoms in total. The average molecular weight is 368 g/mol. The molecule has 1 fully saturated rings. The Labute approximate surface area is 158 Å². The Morgan fingerprint density at radius 2 is 2.00 bits per heavy atom. The van der Waals surface area contributed by atoms with Crippen LogP contribution in [-0.4, -0.2) is 48.1 Å². The van der Waals surface area contributed by atoms with Crippen LogP contribution in [0.2, 0.25) is 0 Å². The number of nitrogens with zero attached hydrogens (tertiary/aromatic N) is 1. The zero-order valence-electron chi connectivity index (χ0n) is 15.5. The van der Waals surface area contributed by atoms with Crippen molar-refractivity contribution < 1.29 is 14.7 Å². The maximum Gasteiger partial charge on any atom is 0.254 e. The van der Waals surface area contributed by atoms with Crippen LogP contribution in [0.5, 0.6) is 0 Å². The fourth-order valence-electron chi connectivity index (χ4n) is 2.81. The molecule has 0 saturated heterocycles. The highest BCUT2D eigenvalue weighted by molar-refractivity contribution is 6.00. The van der Waals surface area contributed by atoms with Crippen LogP contribution in [0.25, 0.3) is 11.1 Å². The smallest absolute Gasteiger partial charge is 0.254 e. The second-order valence-corrected chi connectivity index (χ2v) is 6.63. The molecule has 1 aliphatic carbocycles. The number of aliphatic hydroxyl groups excluding tert-OH is 1. The number of rotatable bonds is 7. The molecule has 1 aliphatic rings. The van der Waals surface area contributed by atoms with Crippen molar-refractivity contribution in [3.63, 3.8) is 0 Å². The van der Waals surface area contributed by atoms with E-state index < -0.39 is 0 Å². The topological polar surface area (TPSA) is 103 Å². The molecule has 3 rings (SSSR count). The minimum atomic E-state index is -0.273. The van der Waals surface area contributed by atoms with Gasteiger partial charge in [-0.05, 0) is 49.1 Å². The number of aromatic nitrogens is 1. The van der Waals surface area contributed by atoms with Crippen molar-refractivity contribution >= 4 is 17.6 Å². The molecular formula is C20H24N4O3. The van der Waals surface area contributed by atoms with Crippen LogP contribution in [-0.2, 0) is 0 Å². The van der Waals surface area contributed by atoms with Gasteiger partial charge in [0.05, 0.1) is 12.2 Å². The summed E-state index contributed by atoms with van der Waals surface area (Å²) in [7, 11) is 1.55. The fraction of sp³-hybridized carbons (Fsp3) is 0.350. The Morgan fingerprint density at radius 3 is 2.67 bits per heavy atom. The molecule has 0 bridgehead atoms. The Kier molecular flexibility index (Phi) is 5.71. The number of nitrogens with one attached hydrogen (secondary N) is 3. The first-order chi connectivity index (χ1) is 13.0. The van der Waals surface area contributed by atoms with Gasteiger partial charge in [0.25, 0.3) is 11.8 Å². The molecular weight excluding hydrogens is 344 g/mol. The first-order valence-corrected chi connectivity index (χ1v) is 9.02. The number of carbonyl (C=O) groups is 2. The number of hydrogen-bond donors (Lipinski definition) is 4. The molecule has 1 aromatic carbocycles. The molecule has 0 radical (unpaired) electrons. The zero-order chi connectivity index (χ0) is 19.4. The Balaban J connectivity index is 1.96. The third-order valence-electron chi connectivity index (χ3n) is 4.49. The summed E-state index contributed by atoms with van der Waals surface area (Å²) in [5.74, 6) is 0.0528. The lowest BCUT2D eigenvalue weighted by Gasteiger charge is -2.13. The summed E-state index contributed by atoms with van der Waals surface area (Å²) in [6.45, 7) is 2.19. The van der Waals surface area contributed by atoms with Crippen LogP contribution in [0, 0.1) is 6.92 Å². The molecule has 142 valence electrons. The third-order valence-corrected chi connectivity index (χ3v) is 4.49. The summed E-state index contributed by atoms with van der Waals surface area (Å²) in [6.07, 6.45) is 3.73. The van der Waals surface area contributed by atoms with Crippen molar-refractivity contribution in [1.29, 1.82) is 0 Å². The highest BCUT2D eigenvalue weighted by atomic mass is 16.3. The van der Waals surface area contributed by atoms with Crippen LogP contribution < -0.4 is 16.0 Å². The number of benzene rings is 1. The quantitative estimate of drug-likeness (QED) is 0.596. The van der Waals surface area contributed by atoms with Gasteiger partial charge in [-0.25, -0.2) is 4.98 Å². The second kappa shape index (κ2) is 8.18. The van der Waals surface area contributed by atoms with E-state index in [1.165, 1.54) is 0 Å². The highest BCUT2D eigenvalue weighted by Crippen LogP contribution is 2.28. The van der Waals surface area contributed by atoms with Crippen LogP contribution in [0.1, 0.15) is 39.1 Å². The minimum Gasteiger partial charge on any atom is -0.395 e. The molecule has 7 heteroatoms. The zero-order valence-corrected chi connectivity index (χ0v) is 15.5. The molecule has 0 aliphatic heterocycles. The second-order valence-electron chi connectivity index (χ2n) is 6.63. The van der Waals surface area contributed by atoms with Gasteiger partial charge in [-0.2, -0.15) is 0 Å². The van der Waals surface area contributed by atoms with Gasteiger partial charge in [-0.1, -0.05) is 6.07 Å². The van der Waals surface area contributed by atoms with Crippen molar-refractivity contribution in [3.05, 3.63) is 47.2 Å². The van der Waals surface area contributed by atoms with Gasteiger partial charge in [-0.3, -0.25) is 9.59 Å². The Morgan fingerprint density at radius 1 is 1.22 bits per heavy atom. The van der Waals surface area contributed by atoms with E-state index in [4.69, 9.17) is 5.11 Å². The van der Waals surface area contributed by atoms with Gasteiger partial charge >= 0.3 is 0 Å². The van der Waals surface area contributed by atoms with Crippen molar-refractivity contribution in [2.75, 3.05) is 25.5 Å². The fourth-order valence-corrected chi connectivity index (χ4v) is 2.81. The first kappa shape index (κ1) is 18.8. The summed E-state index contributed by atoms with van der Waals surface area (Å²) in [5, 5.41) is 17.5. The first-order valence-electron chi connectivity index (χ1n) is 9.02. The summed E-state index contributed by atoms with van der Waals surface area (Å²) in [6, 6.07) is 7.57. The molecule has 0 spiro atoms. The summed E-state index contributed by atoms with van der Waals surface area (Å²) < 4.78 is 0. The molecule has 4 N–H and O–H groups in total. The molecule has 27 heavy (non-hydrogen) atoms. The number of hydrogen-bond acceptors (Lipinski definition) is 5. The minimum absolute atomic E-state index is 0.0616. The van der Waals surface area contributed by atoms with Crippen LogP contribution in [0.4, 0.5) is 5.82 Å². The molecule has 2 amide bonds. The predicted molar refractivity (Wildman–Crippen MR) is 104 cm³/mol. The van der Waals surface area contributed by atoms with Crippen LogP contribution in [0.3, 0.4) is 0 Å². The molecule has 1 aromatic heterocycles. The standard InChI is InChI=1S/C20H24N4O3/c1-12-3-4-13(19(26)24-15-5-6-15)9-16(12)14-10-17(20(27)21-2)18(23-11-14)22-7-8-25/h3-4,9-11,15,25H,5-8H2,1-2H3,(H,21,27)(H,22,23)(H,24,26). The third kappa shape index (κ3) is 4.43. The maximum atomic E-state index is 12.4. The van der Waals surface area contributed by atoms with Gasteiger partial charge in [0.2, 0.25) is 0 Å². The number of aryl methyl sites for hydroxylation is 1. The van der Waals surface area contributed by atoms with Gasteiger partial charge in [0.15, 0.2) is 0 Å². The number of aliphatic hydroxyl groups is 1. The highest BCUT2D eigenvalue weighted by Gasteiger charge is 2.24. The van der Waals surface area contributed by atoms with E-state index in [2.05, 4.69) is 20.9 Å². The SMILES string of the molecule is CNC(=O)c1cc(-c2cc(C(=O)NC3CC3)ccc2C)cnc1NCCO. The largest absolute Gasteiger partial charge is 0.395 e. The Hall–Kier alpha value is -2.93. The number of amides is 2. The Bertz CT molecular complexity index is 862. The van der Waals surface area contributed by atoms with Gasteiger partial charge in [0.1, 0.15) is 5.82 Å². The molecule has 1 saturated carbocycles. The summed E-state index contributed by atoms with van der Waals surface area (Å²) >= 11 is 0. The van der Waals surface area contributed by atoms with Crippen molar-refractivity contribution in [3.8, 4) is 11.1 Å². The number of carbonyl (C=O) groups excluding carboxylic acids is 2. The summed E-state index contributed by atoms with van der Waals surface area (Å²) in [4.78, 5) is 29.0. The van der Waals surface area contributed by atoms with E-state index >= 15 is 0 Å². The van der Waals surface area contributed by atoms with Crippen molar-refractivity contribution in [1.82, 2.24) is 15.6 Å². The van der Waals surface area contributed by atoms with E-state index in [1.807, 2.05) is 19.1 Å². The molecule has 0 unspecified atom stereocenters. The lowest BCUT2D eigenvalue weighted by atomic mass is 9.97. The molecule has 2 aromatic rings. The van der Waals surface area contributed by atoms with E-state index in [-0.39, 0.29) is 18.4 Å². The van der Waals surface area contributed by atoms with E-state index in [0.717, 1.165) is 29.5 Å². The van der Waals surface area contributed by atoms with E-state index in [0.29, 0.717) is 29.5 Å². The van der Waals surface area contributed by atoms with Crippen molar-refractivity contribution in [2.24, 2.45) is 0 Å². The normalized spacial score (nSPS) is 13.1. The maximum absolute atomic E-state index is 12.4. The monoisotopic (exact) mass is 368 g/mol. The number of anilines is 1. The van der Waals surface area contributed by atoms with E-state index in [1.54, 1.807) is 25.4 Å². The molecule has 0 atom stereocenters. The van der Waals surface area contributed by atoms with Gasteiger partial charge in [-0.15, -0.1) is 0 Å². The van der Waals surface area contributed by atoms with Crippen LogP contribution in [0.15, 0.2) is 30.5 Å². The number of pyridine rings is 1. The average Bonchev–Trinajstić information content (AvgIpc) is 3.50. The molecule has 1 heterocycles.